The maximum Gasteiger partial charge on any atom is 0.357 e. The quantitative estimate of drug-likeness (QED) is 0.570. The number of carboxylic acids is 1. The highest BCUT2D eigenvalue weighted by molar-refractivity contribution is 7.89. The van der Waals surface area contributed by atoms with Crippen LogP contribution >= 0.6 is 11.6 Å². The van der Waals surface area contributed by atoms with Crippen LogP contribution in [0.4, 0.5) is 0 Å². The normalized spacial score (nSPS) is 15.0. The lowest BCUT2D eigenvalue weighted by molar-refractivity contribution is -0.133. The third kappa shape index (κ3) is 4.47. The van der Waals surface area contributed by atoms with Gasteiger partial charge in [-0.1, -0.05) is 29.8 Å². The zero-order valence-corrected chi connectivity index (χ0v) is 18.8. The smallest absolute Gasteiger partial charge is 0.357 e. The van der Waals surface area contributed by atoms with Crippen molar-refractivity contribution >= 4 is 44.3 Å². The average molecular weight is 491 g/mol. The summed E-state index contributed by atoms with van der Waals surface area (Å²) in [6.45, 7) is -0.0400. The molecule has 1 N–H and O–H groups in total. The second-order valence-electron chi connectivity index (χ2n) is 7.40. The van der Waals surface area contributed by atoms with Gasteiger partial charge in [-0.15, -0.1) is 0 Å². The number of aromatic carboxylic acids is 1. The molecule has 4 rings (SSSR count). The zero-order valence-electron chi connectivity index (χ0n) is 17.2. The van der Waals surface area contributed by atoms with Crippen molar-refractivity contribution in [3.63, 3.8) is 0 Å². The highest BCUT2D eigenvalue weighted by Gasteiger charge is 2.30. The number of carbonyl (C=O) groups excluding carboxylic acids is 1. The first-order valence-corrected chi connectivity index (χ1v) is 11.8. The summed E-state index contributed by atoms with van der Waals surface area (Å²) < 4.78 is 27.7. The molecule has 1 aliphatic rings. The van der Waals surface area contributed by atoms with E-state index in [0.29, 0.717) is 5.02 Å². The Morgan fingerprint density at radius 1 is 0.970 bits per heavy atom. The van der Waals surface area contributed by atoms with Gasteiger partial charge in [-0.05, 0) is 30.3 Å². The van der Waals surface area contributed by atoms with Gasteiger partial charge in [0.2, 0.25) is 15.9 Å². The Morgan fingerprint density at radius 3 is 2.18 bits per heavy atom. The van der Waals surface area contributed by atoms with Gasteiger partial charge in [-0.25, -0.2) is 17.9 Å². The van der Waals surface area contributed by atoms with E-state index in [2.05, 4.69) is 5.10 Å². The van der Waals surface area contributed by atoms with E-state index in [1.807, 2.05) is 0 Å². The zero-order chi connectivity index (χ0) is 23.8. The number of benzene rings is 2. The molecule has 1 amide bonds. The number of aromatic nitrogens is 2. The molecule has 0 aliphatic carbocycles. The van der Waals surface area contributed by atoms with Crippen LogP contribution in [0.1, 0.15) is 10.5 Å². The van der Waals surface area contributed by atoms with E-state index in [9.17, 15) is 27.9 Å². The number of nitrogens with zero attached hydrogens (tertiary/aromatic N) is 4. The van der Waals surface area contributed by atoms with Crippen molar-refractivity contribution in [2.75, 3.05) is 26.2 Å². The maximum atomic E-state index is 12.8. The number of sulfonamides is 1. The van der Waals surface area contributed by atoms with Crippen molar-refractivity contribution < 1.29 is 23.1 Å². The Bertz CT molecular complexity index is 1400. The fraction of sp³-hybridized carbons (Fsp3) is 0.238. The second kappa shape index (κ2) is 8.93. The van der Waals surface area contributed by atoms with Gasteiger partial charge in [0.1, 0.15) is 6.54 Å². The number of rotatable bonds is 5. The van der Waals surface area contributed by atoms with Crippen LogP contribution in [-0.2, 0) is 21.4 Å². The Balaban J connectivity index is 1.49. The Hall–Kier alpha value is -3.28. The summed E-state index contributed by atoms with van der Waals surface area (Å²) in [4.78, 5) is 38.7. The lowest BCUT2D eigenvalue weighted by Crippen LogP contribution is -2.51. The van der Waals surface area contributed by atoms with Crippen LogP contribution in [-0.4, -0.2) is 70.6 Å². The summed E-state index contributed by atoms with van der Waals surface area (Å²) in [5, 5.41) is 14.1. The lowest BCUT2D eigenvalue weighted by Gasteiger charge is -2.34. The molecule has 3 aromatic rings. The summed E-state index contributed by atoms with van der Waals surface area (Å²) in [5.41, 5.74) is -0.898. The average Bonchev–Trinajstić information content (AvgIpc) is 2.81. The largest absolute Gasteiger partial charge is 0.476 e. The van der Waals surface area contributed by atoms with E-state index in [1.54, 1.807) is 12.1 Å². The molecule has 0 unspecified atom stereocenters. The first kappa shape index (κ1) is 22.9. The van der Waals surface area contributed by atoms with Gasteiger partial charge in [0.25, 0.3) is 5.56 Å². The standard InChI is InChI=1S/C21H19ClN4O6S/c22-14-5-7-15(8-6-14)33(31,32)25-11-9-24(10-12-25)18(27)13-26-20(28)17-4-2-1-3-16(17)19(23-26)21(29)30/h1-8H,9-13H2,(H,29,30). The van der Waals surface area contributed by atoms with Gasteiger partial charge >= 0.3 is 5.97 Å². The number of carboxylic acid groups (broad SMARTS) is 1. The van der Waals surface area contributed by atoms with E-state index in [-0.39, 0.29) is 47.5 Å². The number of piperazine rings is 1. The highest BCUT2D eigenvalue weighted by atomic mass is 35.5. The van der Waals surface area contributed by atoms with Crippen LogP contribution in [0.25, 0.3) is 10.8 Å². The van der Waals surface area contributed by atoms with Gasteiger partial charge in [0.05, 0.1) is 10.3 Å². The predicted molar refractivity (Wildman–Crippen MR) is 120 cm³/mol. The Labute approximate surface area is 193 Å². The summed E-state index contributed by atoms with van der Waals surface area (Å²) in [7, 11) is -3.73. The number of carbonyl (C=O) groups is 2. The minimum Gasteiger partial charge on any atom is -0.476 e. The van der Waals surface area contributed by atoms with Crippen LogP contribution in [0, 0.1) is 0 Å². The SMILES string of the molecule is O=C(O)c1nn(CC(=O)N2CCN(S(=O)(=O)c3ccc(Cl)cc3)CC2)c(=O)c2ccccc12. The van der Waals surface area contributed by atoms with Gasteiger partial charge in [0, 0.05) is 36.6 Å². The number of amides is 1. The summed E-state index contributed by atoms with van der Waals surface area (Å²) >= 11 is 5.82. The molecule has 1 saturated heterocycles. The fourth-order valence-corrected chi connectivity index (χ4v) is 5.21. The Morgan fingerprint density at radius 2 is 1.58 bits per heavy atom. The monoisotopic (exact) mass is 490 g/mol. The molecule has 0 saturated carbocycles. The molecule has 10 nitrogen and oxygen atoms in total. The maximum absolute atomic E-state index is 12.8. The highest BCUT2D eigenvalue weighted by Crippen LogP contribution is 2.20. The first-order chi connectivity index (χ1) is 15.7. The molecule has 0 radical (unpaired) electrons. The fourth-order valence-electron chi connectivity index (χ4n) is 3.66. The predicted octanol–water partition coefficient (Wildman–Crippen LogP) is 1.28. The molecule has 0 atom stereocenters. The van der Waals surface area contributed by atoms with E-state index in [0.717, 1.165) is 4.68 Å². The minimum atomic E-state index is -3.73. The summed E-state index contributed by atoms with van der Waals surface area (Å²) in [6.07, 6.45) is 0. The second-order valence-corrected chi connectivity index (χ2v) is 9.78. The van der Waals surface area contributed by atoms with Crippen LogP contribution in [0.2, 0.25) is 5.02 Å². The molecule has 2 aromatic carbocycles. The molecular weight excluding hydrogens is 472 g/mol. The molecule has 1 aliphatic heterocycles. The molecule has 2 heterocycles. The third-order valence-electron chi connectivity index (χ3n) is 5.40. The molecule has 1 aromatic heterocycles. The van der Waals surface area contributed by atoms with Crippen LogP contribution in [0.5, 0.6) is 0 Å². The van der Waals surface area contributed by atoms with E-state index in [1.165, 1.54) is 45.6 Å². The summed E-state index contributed by atoms with van der Waals surface area (Å²) in [6, 6.07) is 12.0. The van der Waals surface area contributed by atoms with Crippen molar-refractivity contribution in [1.29, 1.82) is 0 Å². The first-order valence-electron chi connectivity index (χ1n) is 9.95. The Kier molecular flexibility index (Phi) is 6.19. The number of hydrogen-bond acceptors (Lipinski definition) is 6. The van der Waals surface area contributed by atoms with Crippen molar-refractivity contribution in [1.82, 2.24) is 19.0 Å². The van der Waals surface area contributed by atoms with E-state index >= 15 is 0 Å². The topological polar surface area (TPSA) is 130 Å². The molecule has 0 bridgehead atoms. The third-order valence-corrected chi connectivity index (χ3v) is 7.56. The molecule has 172 valence electrons. The van der Waals surface area contributed by atoms with Crippen LogP contribution < -0.4 is 5.56 Å². The van der Waals surface area contributed by atoms with E-state index < -0.39 is 34.0 Å². The van der Waals surface area contributed by atoms with Crippen molar-refractivity contribution in [3.05, 3.63) is 69.6 Å². The molecule has 12 heteroatoms. The molecule has 0 spiro atoms. The van der Waals surface area contributed by atoms with Gasteiger partial charge in [0.15, 0.2) is 5.69 Å². The summed E-state index contributed by atoms with van der Waals surface area (Å²) in [5.74, 6) is -1.77. The number of hydrogen-bond donors (Lipinski definition) is 1. The van der Waals surface area contributed by atoms with Crippen LogP contribution in [0.15, 0.2) is 58.2 Å². The van der Waals surface area contributed by atoms with Gasteiger partial charge in [-0.3, -0.25) is 9.59 Å². The van der Waals surface area contributed by atoms with Crippen LogP contribution in [0.3, 0.4) is 0 Å². The van der Waals surface area contributed by atoms with Crippen molar-refractivity contribution in [2.45, 2.75) is 11.4 Å². The molecule has 33 heavy (non-hydrogen) atoms. The minimum absolute atomic E-state index is 0.0805. The molecular formula is C21H19ClN4O6S. The lowest BCUT2D eigenvalue weighted by atomic mass is 10.1. The number of fused-ring (bicyclic) bond motifs is 1. The van der Waals surface area contributed by atoms with E-state index in [4.69, 9.17) is 11.6 Å². The number of halogens is 1. The molecule has 1 fully saturated rings. The van der Waals surface area contributed by atoms with Gasteiger partial charge < -0.3 is 10.0 Å². The van der Waals surface area contributed by atoms with Crippen molar-refractivity contribution in [3.8, 4) is 0 Å². The van der Waals surface area contributed by atoms with Crippen molar-refractivity contribution in [2.24, 2.45) is 0 Å². The van der Waals surface area contributed by atoms with Gasteiger partial charge in [-0.2, -0.15) is 9.40 Å².